The normalized spacial score (nSPS) is 14.4. The van der Waals surface area contributed by atoms with Crippen LogP contribution in [-0.2, 0) is 14.8 Å². The number of fused-ring (bicyclic) bond motifs is 1. The van der Waals surface area contributed by atoms with Crippen molar-refractivity contribution >= 4 is 49.3 Å². The van der Waals surface area contributed by atoms with Crippen molar-refractivity contribution in [2.75, 3.05) is 49.9 Å². The molecule has 1 fully saturated rings. The molecule has 0 spiro atoms. The van der Waals surface area contributed by atoms with Crippen molar-refractivity contribution in [3.63, 3.8) is 0 Å². The molecule has 0 saturated carbocycles. The predicted molar refractivity (Wildman–Crippen MR) is 132 cm³/mol. The highest BCUT2D eigenvalue weighted by molar-refractivity contribution is 7.88. The maximum absolute atomic E-state index is 9.89. The Morgan fingerprint density at radius 1 is 1.22 bits per heavy atom. The number of morpholine rings is 1. The number of hydrogen-bond acceptors (Lipinski definition) is 9. The number of hydrazone groups is 1. The van der Waals surface area contributed by atoms with Gasteiger partial charge in [-0.25, -0.2) is 23.1 Å². The molecule has 0 bridgehead atoms. The molecule has 2 aromatic heterocycles. The fourth-order valence-corrected chi connectivity index (χ4v) is 3.99. The first kappa shape index (κ1) is 24.1. The van der Waals surface area contributed by atoms with Crippen molar-refractivity contribution in [2.45, 2.75) is 13.8 Å². The van der Waals surface area contributed by atoms with Gasteiger partial charge in [0.05, 0.1) is 35.4 Å². The molecule has 1 saturated heterocycles. The van der Waals surface area contributed by atoms with Gasteiger partial charge < -0.3 is 9.64 Å². The lowest BCUT2D eigenvalue weighted by atomic mass is 10.2. The third-order valence-corrected chi connectivity index (χ3v) is 6.38. The van der Waals surface area contributed by atoms with E-state index >= 15 is 0 Å². The van der Waals surface area contributed by atoms with Crippen LogP contribution in [0.25, 0.3) is 21.6 Å². The van der Waals surface area contributed by atoms with E-state index in [1.165, 1.54) is 11.9 Å². The Labute approximate surface area is 192 Å². The minimum Gasteiger partial charge on any atom is -0.378 e. The number of aryl methyl sites for hydroxylation is 1. The first-order chi connectivity index (χ1) is 15.3. The van der Waals surface area contributed by atoms with E-state index in [4.69, 9.17) is 14.7 Å². The number of rotatable bonds is 5. The molecule has 1 aliphatic rings. The summed E-state index contributed by atoms with van der Waals surface area (Å²) in [4.78, 5) is 13.3. The molecule has 2 N–H and O–H groups in total. The van der Waals surface area contributed by atoms with Gasteiger partial charge in [0.2, 0.25) is 10.0 Å². The highest BCUT2D eigenvalue weighted by atomic mass is 32.2. The lowest BCUT2D eigenvalue weighted by molar-refractivity contribution is 0.122. The Kier molecular flexibility index (Phi) is 8.13. The van der Waals surface area contributed by atoms with Crippen LogP contribution in [0.1, 0.15) is 11.8 Å². The molecule has 0 amide bonds. The summed E-state index contributed by atoms with van der Waals surface area (Å²) in [6.07, 6.45) is 2.83. The standard InChI is InChI=1S/C19H21N5OS.C2H7NO2S/c1-3-20-23-15-6-4-5-14(12-15)18-21-16-11-13(2)26-17(16)19(22-18)24-7-9-25-10-8-24;1-3-6(2,4)5/h3-6,11-12,23H,7-10H2,1-2H3;3H,1-2H3/b20-3-;. The maximum Gasteiger partial charge on any atom is 0.208 e. The first-order valence-corrected chi connectivity index (χ1v) is 12.8. The van der Waals surface area contributed by atoms with Gasteiger partial charge in [-0.3, -0.25) is 5.43 Å². The topological polar surface area (TPSA) is 109 Å². The molecule has 0 atom stereocenters. The van der Waals surface area contributed by atoms with Gasteiger partial charge in [0.25, 0.3) is 0 Å². The molecule has 172 valence electrons. The number of sulfonamides is 1. The van der Waals surface area contributed by atoms with Crippen molar-refractivity contribution in [1.82, 2.24) is 14.7 Å². The predicted octanol–water partition coefficient (Wildman–Crippen LogP) is 3.09. The lowest BCUT2D eigenvalue weighted by Gasteiger charge is -2.28. The van der Waals surface area contributed by atoms with Gasteiger partial charge in [0.15, 0.2) is 11.6 Å². The van der Waals surface area contributed by atoms with Crippen LogP contribution in [0.5, 0.6) is 0 Å². The van der Waals surface area contributed by atoms with Crippen LogP contribution in [0.15, 0.2) is 35.4 Å². The zero-order chi connectivity index (χ0) is 23.1. The fourth-order valence-electron chi connectivity index (χ4n) is 3.02. The molecule has 0 aliphatic carbocycles. The van der Waals surface area contributed by atoms with E-state index in [0.717, 1.165) is 65.7 Å². The van der Waals surface area contributed by atoms with Crippen LogP contribution in [0, 0.1) is 6.92 Å². The van der Waals surface area contributed by atoms with E-state index < -0.39 is 10.0 Å². The average Bonchev–Trinajstić information content (AvgIpc) is 3.18. The molecule has 11 heteroatoms. The maximum atomic E-state index is 9.89. The second kappa shape index (κ2) is 10.8. The van der Waals surface area contributed by atoms with Crippen LogP contribution < -0.4 is 15.0 Å². The molecule has 4 rings (SSSR count). The van der Waals surface area contributed by atoms with Gasteiger partial charge in [-0.2, -0.15) is 5.10 Å². The highest BCUT2D eigenvalue weighted by Gasteiger charge is 2.19. The van der Waals surface area contributed by atoms with Crippen LogP contribution >= 0.6 is 11.3 Å². The average molecular weight is 477 g/mol. The van der Waals surface area contributed by atoms with Crippen LogP contribution in [0.4, 0.5) is 11.5 Å². The van der Waals surface area contributed by atoms with Crippen molar-refractivity contribution in [2.24, 2.45) is 5.10 Å². The molecule has 32 heavy (non-hydrogen) atoms. The molecule has 0 radical (unpaired) electrons. The number of anilines is 2. The molecule has 0 unspecified atom stereocenters. The molecule has 1 aliphatic heterocycles. The van der Waals surface area contributed by atoms with Gasteiger partial charge in [-0.15, -0.1) is 11.3 Å². The number of benzene rings is 1. The number of nitrogens with zero attached hydrogens (tertiary/aromatic N) is 4. The lowest BCUT2D eigenvalue weighted by Crippen LogP contribution is -2.36. The summed E-state index contributed by atoms with van der Waals surface area (Å²) >= 11 is 1.75. The van der Waals surface area contributed by atoms with Gasteiger partial charge in [-0.1, -0.05) is 12.1 Å². The molecule has 3 aromatic rings. The van der Waals surface area contributed by atoms with Crippen molar-refractivity contribution in [1.29, 1.82) is 0 Å². The number of aromatic nitrogens is 2. The van der Waals surface area contributed by atoms with E-state index in [9.17, 15) is 8.42 Å². The zero-order valence-corrected chi connectivity index (χ0v) is 20.3. The van der Waals surface area contributed by atoms with E-state index in [-0.39, 0.29) is 0 Å². The highest BCUT2D eigenvalue weighted by Crippen LogP contribution is 2.34. The SMILES string of the molecule is C/C=N\Nc1cccc(-c2nc(N3CCOCC3)c3sc(C)cc3n2)c1.CNS(C)(=O)=O. The molecule has 9 nitrogen and oxygen atoms in total. The Bertz CT molecular complexity index is 1190. The Hall–Kier alpha value is -2.60. The summed E-state index contributed by atoms with van der Waals surface area (Å²) in [6, 6.07) is 10.2. The zero-order valence-electron chi connectivity index (χ0n) is 18.6. The van der Waals surface area contributed by atoms with Crippen molar-refractivity contribution < 1.29 is 13.2 Å². The van der Waals surface area contributed by atoms with Crippen LogP contribution in [0.3, 0.4) is 0 Å². The van der Waals surface area contributed by atoms with Gasteiger partial charge in [-0.05, 0) is 39.1 Å². The minimum absolute atomic E-state index is 0.736. The van der Waals surface area contributed by atoms with Crippen LogP contribution in [0.2, 0.25) is 0 Å². The monoisotopic (exact) mass is 476 g/mol. The second-order valence-electron chi connectivity index (χ2n) is 7.10. The Morgan fingerprint density at radius 3 is 2.59 bits per heavy atom. The Morgan fingerprint density at radius 2 is 1.94 bits per heavy atom. The fraction of sp³-hybridized carbons (Fsp3) is 0.381. The van der Waals surface area contributed by atoms with E-state index in [0.29, 0.717) is 0 Å². The van der Waals surface area contributed by atoms with E-state index in [1.807, 2.05) is 31.2 Å². The van der Waals surface area contributed by atoms with Crippen LogP contribution in [-0.4, -0.2) is 64.2 Å². The summed E-state index contributed by atoms with van der Waals surface area (Å²) in [7, 11) is -1.54. The summed E-state index contributed by atoms with van der Waals surface area (Å²) < 4.78 is 28.5. The van der Waals surface area contributed by atoms with Gasteiger partial charge in [0.1, 0.15) is 0 Å². The quantitative estimate of drug-likeness (QED) is 0.430. The van der Waals surface area contributed by atoms with Crippen molar-refractivity contribution in [3.05, 3.63) is 35.2 Å². The minimum atomic E-state index is -2.91. The third kappa shape index (κ3) is 6.45. The summed E-state index contributed by atoms with van der Waals surface area (Å²) in [5, 5.41) is 4.08. The van der Waals surface area contributed by atoms with Gasteiger partial charge >= 0.3 is 0 Å². The number of thiophene rings is 1. The second-order valence-corrected chi connectivity index (χ2v) is 10.3. The third-order valence-electron chi connectivity index (χ3n) is 4.60. The Balaban J connectivity index is 0.000000427. The molecular formula is C21H28N6O3S2. The summed E-state index contributed by atoms with van der Waals surface area (Å²) in [6.45, 7) is 7.17. The molecular weight excluding hydrogens is 448 g/mol. The molecule has 1 aromatic carbocycles. The largest absolute Gasteiger partial charge is 0.378 e. The summed E-state index contributed by atoms with van der Waals surface area (Å²) in [5.41, 5.74) is 5.91. The van der Waals surface area contributed by atoms with Crippen molar-refractivity contribution in [3.8, 4) is 11.4 Å². The first-order valence-electron chi connectivity index (χ1n) is 10.1. The van der Waals surface area contributed by atoms with E-state index in [2.05, 4.69) is 33.1 Å². The smallest absolute Gasteiger partial charge is 0.208 e. The number of hydrogen-bond donors (Lipinski definition) is 2. The number of ether oxygens (including phenoxy) is 1. The summed E-state index contributed by atoms with van der Waals surface area (Å²) in [5.74, 6) is 1.75. The van der Waals surface area contributed by atoms with E-state index in [1.54, 1.807) is 17.6 Å². The number of nitrogens with one attached hydrogen (secondary N) is 2. The molecule has 3 heterocycles. The van der Waals surface area contributed by atoms with Gasteiger partial charge in [0, 0.05) is 29.7 Å².